The number of ketones is 2. The Bertz CT molecular complexity index is 474. The van der Waals surface area contributed by atoms with Gasteiger partial charge in [-0.25, -0.2) is 0 Å². The molecule has 1 N–H and O–H groups in total. The number of hydrogen-bond donors (Lipinski definition) is 1. The molecule has 1 rings (SSSR count). The zero-order valence-corrected chi connectivity index (χ0v) is 7.97. The van der Waals surface area contributed by atoms with Gasteiger partial charge in [-0.15, -0.1) is 0 Å². The van der Waals surface area contributed by atoms with Crippen LogP contribution in [0.1, 0.15) is 27.6 Å². The van der Waals surface area contributed by atoms with E-state index in [9.17, 15) is 14.7 Å². The minimum Gasteiger partial charge on any atom is -0.507 e. The second-order valence-electron chi connectivity index (χ2n) is 2.90. The summed E-state index contributed by atoms with van der Waals surface area (Å²) in [5.74, 6) is -1.07. The standard InChI is InChI=1S/C10H8N2O3/c1-6(13)8-4-7(2-3-9(8)14)10(15)5-12-11/h2-5,14H,1H3. The quantitative estimate of drug-likeness (QED) is 0.345. The number of nitrogens with zero attached hydrogens (tertiary/aromatic N) is 2. The summed E-state index contributed by atoms with van der Waals surface area (Å²) in [6.07, 6.45) is 0.719. The number of hydrogen-bond acceptors (Lipinski definition) is 3. The van der Waals surface area contributed by atoms with Gasteiger partial charge < -0.3 is 10.6 Å². The number of benzene rings is 1. The lowest BCUT2D eigenvalue weighted by Gasteiger charge is -2.00. The molecule has 0 spiro atoms. The molecule has 0 bridgehead atoms. The van der Waals surface area contributed by atoms with Gasteiger partial charge in [0.15, 0.2) is 5.78 Å². The summed E-state index contributed by atoms with van der Waals surface area (Å²) in [4.78, 5) is 24.9. The van der Waals surface area contributed by atoms with E-state index in [1.54, 1.807) is 0 Å². The zero-order valence-electron chi connectivity index (χ0n) is 7.97. The van der Waals surface area contributed by atoms with Crippen molar-refractivity contribution in [2.45, 2.75) is 6.92 Å². The van der Waals surface area contributed by atoms with Crippen LogP contribution < -0.4 is 0 Å². The summed E-state index contributed by atoms with van der Waals surface area (Å²) in [7, 11) is 0. The van der Waals surface area contributed by atoms with Crippen molar-refractivity contribution in [3.8, 4) is 5.75 Å². The lowest BCUT2D eigenvalue weighted by molar-refractivity contribution is 0.00234. The molecule has 0 amide bonds. The van der Waals surface area contributed by atoms with E-state index in [1.807, 2.05) is 0 Å². The van der Waals surface area contributed by atoms with Crippen LogP contribution in [0, 0.1) is 0 Å². The lowest BCUT2D eigenvalue weighted by Crippen LogP contribution is -2.03. The smallest absolute Gasteiger partial charge is 0.328 e. The predicted molar refractivity (Wildman–Crippen MR) is 52.1 cm³/mol. The minimum atomic E-state index is -0.542. The highest BCUT2D eigenvalue weighted by molar-refractivity contribution is 6.33. The van der Waals surface area contributed by atoms with Crippen molar-refractivity contribution in [3.05, 3.63) is 34.9 Å². The van der Waals surface area contributed by atoms with E-state index in [2.05, 4.69) is 4.79 Å². The fourth-order valence-electron chi connectivity index (χ4n) is 1.10. The largest absolute Gasteiger partial charge is 0.507 e. The van der Waals surface area contributed by atoms with Crippen LogP contribution in [0.4, 0.5) is 0 Å². The van der Waals surface area contributed by atoms with Crippen LogP contribution in [0.5, 0.6) is 5.75 Å². The first-order valence-corrected chi connectivity index (χ1v) is 4.12. The van der Waals surface area contributed by atoms with Crippen LogP contribution >= 0.6 is 0 Å². The molecule has 0 unspecified atom stereocenters. The molecule has 0 heterocycles. The number of phenols is 1. The molecule has 0 aromatic heterocycles. The Morgan fingerprint density at radius 1 is 1.47 bits per heavy atom. The van der Waals surface area contributed by atoms with Crippen LogP contribution in [0.2, 0.25) is 0 Å². The van der Waals surface area contributed by atoms with E-state index in [-0.39, 0.29) is 22.7 Å². The van der Waals surface area contributed by atoms with E-state index in [4.69, 9.17) is 5.53 Å². The highest BCUT2D eigenvalue weighted by atomic mass is 16.3. The van der Waals surface area contributed by atoms with Gasteiger partial charge in [-0.05, 0) is 25.1 Å². The Kier molecular flexibility index (Phi) is 3.10. The van der Waals surface area contributed by atoms with Gasteiger partial charge in [-0.3, -0.25) is 9.59 Å². The molecule has 0 aliphatic rings. The fourth-order valence-corrected chi connectivity index (χ4v) is 1.10. The van der Waals surface area contributed by atoms with E-state index in [1.165, 1.54) is 25.1 Å². The molecule has 15 heavy (non-hydrogen) atoms. The Balaban J connectivity index is 3.24. The van der Waals surface area contributed by atoms with E-state index < -0.39 is 5.78 Å². The van der Waals surface area contributed by atoms with Crippen molar-refractivity contribution in [1.29, 1.82) is 0 Å². The number of phenolic OH excluding ortho intramolecular Hbond substituents is 1. The molecule has 1 aromatic carbocycles. The molecule has 1 aromatic rings. The molecule has 76 valence electrons. The molecular formula is C10H8N2O3. The molecule has 0 saturated heterocycles. The number of rotatable bonds is 3. The zero-order chi connectivity index (χ0) is 11.4. The van der Waals surface area contributed by atoms with Crippen molar-refractivity contribution in [1.82, 2.24) is 0 Å². The molecule has 0 saturated carbocycles. The third kappa shape index (κ3) is 2.36. The van der Waals surface area contributed by atoms with Gasteiger partial charge in [0.1, 0.15) is 5.75 Å². The van der Waals surface area contributed by atoms with Crippen LogP contribution in [-0.2, 0) is 0 Å². The maximum Gasteiger partial charge on any atom is 0.328 e. The first kappa shape index (κ1) is 10.8. The SMILES string of the molecule is CC(=O)c1cc(C(=O)C=[N+]=[N-])ccc1O. The van der Waals surface area contributed by atoms with Crippen LogP contribution in [0.15, 0.2) is 18.2 Å². The molecular weight excluding hydrogens is 196 g/mol. The Morgan fingerprint density at radius 3 is 2.67 bits per heavy atom. The van der Waals surface area contributed by atoms with Crippen LogP contribution in [-0.4, -0.2) is 27.7 Å². The first-order valence-electron chi connectivity index (χ1n) is 4.12. The second kappa shape index (κ2) is 4.30. The average Bonchev–Trinajstić information content (AvgIpc) is 2.18. The number of carbonyl (C=O) groups is 2. The number of carbonyl (C=O) groups excluding carboxylic acids is 2. The van der Waals surface area contributed by atoms with Crippen molar-refractivity contribution < 1.29 is 19.5 Å². The predicted octanol–water partition coefficient (Wildman–Crippen LogP) is 1.08. The molecule has 5 heteroatoms. The fraction of sp³-hybridized carbons (Fsp3) is 0.100. The molecule has 0 atom stereocenters. The van der Waals surface area contributed by atoms with E-state index in [0.29, 0.717) is 0 Å². The first-order chi connectivity index (χ1) is 7.06. The topological polar surface area (TPSA) is 90.8 Å². The summed E-state index contributed by atoms with van der Waals surface area (Å²) in [5.41, 5.74) is 8.40. The van der Waals surface area contributed by atoms with E-state index in [0.717, 1.165) is 6.21 Å². The van der Waals surface area contributed by atoms with Crippen molar-refractivity contribution in [3.63, 3.8) is 0 Å². The van der Waals surface area contributed by atoms with Gasteiger partial charge >= 0.3 is 6.21 Å². The summed E-state index contributed by atoms with van der Waals surface area (Å²) in [6, 6.07) is 3.84. The molecule has 0 fully saturated rings. The van der Waals surface area contributed by atoms with Crippen molar-refractivity contribution >= 4 is 17.8 Å². The summed E-state index contributed by atoms with van der Waals surface area (Å²) < 4.78 is 0. The normalized spacial score (nSPS) is 9.13. The maximum atomic E-state index is 11.2. The lowest BCUT2D eigenvalue weighted by atomic mass is 10.0. The van der Waals surface area contributed by atoms with Gasteiger partial charge in [0.25, 0.3) is 5.78 Å². The Hall–Kier alpha value is -2.26. The van der Waals surface area contributed by atoms with Gasteiger partial charge in [0, 0.05) is 5.56 Å². The minimum absolute atomic E-state index is 0.0622. The maximum absolute atomic E-state index is 11.2. The van der Waals surface area contributed by atoms with Crippen LogP contribution in [0.3, 0.4) is 0 Å². The van der Waals surface area contributed by atoms with Gasteiger partial charge in [-0.1, -0.05) is 0 Å². The highest BCUT2D eigenvalue weighted by Gasteiger charge is 2.12. The molecule has 5 nitrogen and oxygen atoms in total. The summed E-state index contributed by atoms with van der Waals surface area (Å²) in [6.45, 7) is 1.28. The second-order valence-corrected chi connectivity index (χ2v) is 2.90. The van der Waals surface area contributed by atoms with Crippen molar-refractivity contribution in [2.75, 3.05) is 0 Å². The summed E-state index contributed by atoms with van der Waals surface area (Å²) >= 11 is 0. The number of Topliss-reactive ketones (excluding diaryl/α,β-unsaturated/α-hetero) is 2. The Morgan fingerprint density at radius 2 is 2.13 bits per heavy atom. The average molecular weight is 204 g/mol. The highest BCUT2D eigenvalue weighted by Crippen LogP contribution is 2.18. The molecule has 0 radical (unpaired) electrons. The van der Waals surface area contributed by atoms with Gasteiger partial charge in [0.05, 0.1) is 5.56 Å². The third-order valence-electron chi connectivity index (χ3n) is 1.84. The molecule has 0 aliphatic carbocycles. The van der Waals surface area contributed by atoms with E-state index >= 15 is 0 Å². The Labute approximate surface area is 85.6 Å². The monoisotopic (exact) mass is 204 g/mol. The van der Waals surface area contributed by atoms with Gasteiger partial charge in [0.2, 0.25) is 0 Å². The molecule has 0 aliphatic heterocycles. The summed E-state index contributed by atoms with van der Waals surface area (Å²) in [5, 5.41) is 9.30. The number of aromatic hydroxyl groups is 1. The van der Waals surface area contributed by atoms with Crippen LogP contribution in [0.25, 0.3) is 5.53 Å². The van der Waals surface area contributed by atoms with Crippen molar-refractivity contribution in [2.24, 2.45) is 0 Å². The van der Waals surface area contributed by atoms with Gasteiger partial charge in [-0.2, -0.15) is 4.79 Å². The third-order valence-corrected chi connectivity index (χ3v) is 1.84.